The van der Waals surface area contributed by atoms with Gasteiger partial charge in [-0.25, -0.2) is 0 Å². The summed E-state index contributed by atoms with van der Waals surface area (Å²) in [6.07, 6.45) is 2.25. The zero-order valence-corrected chi connectivity index (χ0v) is 12.3. The Morgan fingerprint density at radius 2 is 1.89 bits per heavy atom. The van der Waals surface area contributed by atoms with Crippen molar-refractivity contribution in [2.45, 2.75) is 12.2 Å². The molecule has 0 unspecified atom stereocenters. The van der Waals surface area contributed by atoms with Crippen LogP contribution < -0.4 is 0 Å². The standard InChI is InChI=1S/C14H19NO3S/c1-15(9-8-13(16)18-2)14(17)12-6-4-11(5-7-12)10-19-3/h4-7H,8-10H2,1-3H3. The second kappa shape index (κ2) is 7.84. The molecular formula is C14H19NO3S. The molecule has 19 heavy (non-hydrogen) atoms. The molecule has 0 N–H and O–H groups in total. The fourth-order valence-electron chi connectivity index (χ4n) is 1.59. The molecule has 0 aromatic heterocycles. The van der Waals surface area contributed by atoms with Crippen LogP contribution in [0.25, 0.3) is 0 Å². The van der Waals surface area contributed by atoms with Gasteiger partial charge >= 0.3 is 5.97 Å². The predicted molar refractivity (Wildman–Crippen MR) is 77.3 cm³/mol. The van der Waals surface area contributed by atoms with Gasteiger partial charge in [0.25, 0.3) is 5.91 Å². The molecule has 104 valence electrons. The van der Waals surface area contributed by atoms with Gasteiger partial charge in [0.15, 0.2) is 0 Å². The van der Waals surface area contributed by atoms with Crippen LogP contribution in [0.2, 0.25) is 0 Å². The number of benzene rings is 1. The molecule has 0 saturated carbocycles. The van der Waals surface area contributed by atoms with Crippen LogP contribution in [-0.4, -0.2) is 43.7 Å². The molecule has 0 heterocycles. The van der Waals surface area contributed by atoms with Gasteiger partial charge in [-0.15, -0.1) is 0 Å². The lowest BCUT2D eigenvalue weighted by Crippen LogP contribution is -2.29. The van der Waals surface area contributed by atoms with Crippen molar-refractivity contribution in [3.05, 3.63) is 35.4 Å². The maximum absolute atomic E-state index is 12.1. The van der Waals surface area contributed by atoms with Crippen LogP contribution in [0, 0.1) is 0 Å². The number of nitrogens with zero attached hydrogens (tertiary/aromatic N) is 1. The second-order valence-corrected chi connectivity index (χ2v) is 5.05. The van der Waals surface area contributed by atoms with Crippen LogP contribution in [0.5, 0.6) is 0 Å². The quantitative estimate of drug-likeness (QED) is 0.750. The summed E-state index contributed by atoms with van der Waals surface area (Å²) in [5.74, 6) is 0.543. The molecule has 0 saturated heterocycles. The highest BCUT2D eigenvalue weighted by Gasteiger charge is 2.12. The fourth-order valence-corrected chi connectivity index (χ4v) is 2.12. The van der Waals surface area contributed by atoms with Gasteiger partial charge in [-0.05, 0) is 24.0 Å². The molecule has 1 aromatic carbocycles. The first-order valence-corrected chi connectivity index (χ1v) is 7.38. The Morgan fingerprint density at radius 1 is 1.26 bits per heavy atom. The third kappa shape index (κ3) is 4.95. The maximum atomic E-state index is 12.1. The lowest BCUT2D eigenvalue weighted by atomic mass is 10.1. The van der Waals surface area contributed by atoms with Crippen LogP contribution >= 0.6 is 11.8 Å². The van der Waals surface area contributed by atoms with Crippen LogP contribution in [0.1, 0.15) is 22.3 Å². The Kier molecular flexibility index (Phi) is 6.42. The third-order valence-corrected chi connectivity index (χ3v) is 3.36. The zero-order chi connectivity index (χ0) is 14.3. The van der Waals surface area contributed by atoms with E-state index < -0.39 is 0 Å². The Hall–Kier alpha value is -1.49. The first-order chi connectivity index (χ1) is 9.08. The molecule has 4 nitrogen and oxygen atoms in total. The number of esters is 1. The van der Waals surface area contributed by atoms with Gasteiger partial charge in [0.05, 0.1) is 13.5 Å². The SMILES string of the molecule is COC(=O)CCN(C)C(=O)c1ccc(CSC)cc1. The fraction of sp³-hybridized carbons (Fsp3) is 0.429. The minimum Gasteiger partial charge on any atom is -0.469 e. The summed E-state index contributed by atoms with van der Waals surface area (Å²) < 4.78 is 4.55. The van der Waals surface area contributed by atoms with Crippen LogP contribution in [0.4, 0.5) is 0 Å². The van der Waals surface area contributed by atoms with E-state index in [-0.39, 0.29) is 18.3 Å². The van der Waals surface area contributed by atoms with E-state index in [0.717, 1.165) is 5.75 Å². The van der Waals surface area contributed by atoms with E-state index >= 15 is 0 Å². The number of amides is 1. The zero-order valence-electron chi connectivity index (χ0n) is 11.5. The van der Waals surface area contributed by atoms with Gasteiger partial charge in [0.2, 0.25) is 0 Å². The Morgan fingerprint density at radius 3 is 2.42 bits per heavy atom. The molecule has 1 amide bonds. The molecule has 1 rings (SSSR count). The highest BCUT2D eigenvalue weighted by molar-refractivity contribution is 7.97. The molecule has 0 aliphatic heterocycles. The number of rotatable bonds is 6. The molecule has 0 radical (unpaired) electrons. The van der Waals surface area contributed by atoms with Crippen molar-refractivity contribution in [3.63, 3.8) is 0 Å². The van der Waals surface area contributed by atoms with Crippen LogP contribution in [-0.2, 0) is 15.3 Å². The average Bonchev–Trinajstić information content (AvgIpc) is 2.44. The van der Waals surface area contributed by atoms with Crippen molar-refractivity contribution in [2.24, 2.45) is 0 Å². The van der Waals surface area contributed by atoms with Gasteiger partial charge in [0, 0.05) is 24.9 Å². The normalized spacial score (nSPS) is 10.1. The first kappa shape index (κ1) is 15.6. The van der Waals surface area contributed by atoms with E-state index in [4.69, 9.17) is 0 Å². The number of thioether (sulfide) groups is 1. The number of hydrogen-bond donors (Lipinski definition) is 0. The van der Waals surface area contributed by atoms with Crippen molar-refractivity contribution < 1.29 is 14.3 Å². The summed E-state index contributed by atoms with van der Waals surface area (Å²) in [7, 11) is 3.02. The summed E-state index contributed by atoms with van der Waals surface area (Å²) in [6, 6.07) is 7.56. The van der Waals surface area contributed by atoms with Crippen LogP contribution in [0.3, 0.4) is 0 Å². The van der Waals surface area contributed by atoms with Gasteiger partial charge < -0.3 is 9.64 Å². The van der Waals surface area contributed by atoms with E-state index in [2.05, 4.69) is 4.74 Å². The van der Waals surface area contributed by atoms with Gasteiger partial charge in [-0.2, -0.15) is 11.8 Å². The van der Waals surface area contributed by atoms with Crippen molar-refractivity contribution in [1.82, 2.24) is 4.90 Å². The Balaban J connectivity index is 2.58. The largest absolute Gasteiger partial charge is 0.469 e. The number of carbonyl (C=O) groups is 2. The van der Waals surface area contributed by atoms with Crippen molar-refractivity contribution in [2.75, 3.05) is 27.0 Å². The molecular weight excluding hydrogens is 262 g/mol. The van der Waals surface area contributed by atoms with E-state index in [1.165, 1.54) is 17.6 Å². The summed E-state index contributed by atoms with van der Waals surface area (Å²) in [4.78, 5) is 24.6. The minimum atomic E-state index is -0.310. The molecule has 5 heteroatoms. The molecule has 1 aromatic rings. The van der Waals surface area contributed by atoms with E-state index in [9.17, 15) is 9.59 Å². The summed E-state index contributed by atoms with van der Waals surface area (Å²) in [6.45, 7) is 0.359. The topological polar surface area (TPSA) is 46.6 Å². The van der Waals surface area contributed by atoms with Crippen molar-refractivity contribution in [1.29, 1.82) is 0 Å². The van der Waals surface area contributed by atoms with Crippen LogP contribution in [0.15, 0.2) is 24.3 Å². The minimum absolute atomic E-state index is 0.0837. The number of hydrogen-bond acceptors (Lipinski definition) is 4. The summed E-state index contributed by atoms with van der Waals surface area (Å²) in [5.41, 5.74) is 1.83. The highest BCUT2D eigenvalue weighted by Crippen LogP contribution is 2.12. The van der Waals surface area contributed by atoms with Gasteiger partial charge in [-0.1, -0.05) is 12.1 Å². The molecule has 0 bridgehead atoms. The average molecular weight is 281 g/mol. The molecule has 0 atom stereocenters. The highest BCUT2D eigenvalue weighted by atomic mass is 32.2. The molecule has 0 aliphatic rings. The summed E-state index contributed by atoms with van der Waals surface area (Å²) in [5, 5.41) is 0. The van der Waals surface area contributed by atoms with E-state index in [1.54, 1.807) is 18.8 Å². The number of carbonyl (C=O) groups excluding carboxylic acids is 2. The summed E-state index contributed by atoms with van der Waals surface area (Å²) >= 11 is 1.74. The van der Waals surface area contributed by atoms with Gasteiger partial charge in [-0.3, -0.25) is 9.59 Å². The predicted octanol–water partition coefficient (Wildman–Crippen LogP) is 2.18. The Bertz CT molecular complexity index is 431. The van der Waals surface area contributed by atoms with E-state index in [0.29, 0.717) is 12.1 Å². The monoisotopic (exact) mass is 281 g/mol. The molecule has 0 fully saturated rings. The maximum Gasteiger partial charge on any atom is 0.307 e. The molecule has 0 spiro atoms. The smallest absolute Gasteiger partial charge is 0.307 e. The lowest BCUT2D eigenvalue weighted by molar-refractivity contribution is -0.140. The number of ether oxygens (including phenoxy) is 1. The van der Waals surface area contributed by atoms with Gasteiger partial charge in [0.1, 0.15) is 0 Å². The third-order valence-electron chi connectivity index (χ3n) is 2.74. The second-order valence-electron chi connectivity index (χ2n) is 4.18. The number of methoxy groups -OCH3 is 1. The first-order valence-electron chi connectivity index (χ1n) is 5.98. The molecule has 0 aliphatic carbocycles. The Labute approximate surface area is 118 Å². The van der Waals surface area contributed by atoms with Crippen molar-refractivity contribution >= 4 is 23.6 Å². The lowest BCUT2D eigenvalue weighted by Gasteiger charge is -2.16. The van der Waals surface area contributed by atoms with E-state index in [1.807, 2.05) is 30.5 Å². The van der Waals surface area contributed by atoms with Crippen molar-refractivity contribution in [3.8, 4) is 0 Å².